The van der Waals surface area contributed by atoms with Crippen LogP contribution in [0, 0.1) is 0 Å². The molecule has 4 nitrogen and oxygen atoms in total. The van der Waals surface area contributed by atoms with Crippen molar-refractivity contribution in [2.24, 2.45) is 0 Å². The summed E-state index contributed by atoms with van der Waals surface area (Å²) in [5, 5.41) is 12.0. The van der Waals surface area contributed by atoms with Crippen LogP contribution in [-0.2, 0) is 11.2 Å². The Balaban J connectivity index is 1.97. The van der Waals surface area contributed by atoms with E-state index in [9.17, 15) is 9.90 Å². The third kappa shape index (κ3) is 3.74. The van der Waals surface area contributed by atoms with Gasteiger partial charge in [-0.15, -0.1) is 0 Å². The van der Waals surface area contributed by atoms with Crippen molar-refractivity contribution in [3.8, 4) is 11.5 Å². The maximum Gasteiger partial charge on any atom is 0.228 e. The Hall–Kier alpha value is -2.49. The fourth-order valence-electron chi connectivity index (χ4n) is 1.72. The molecule has 0 aliphatic carbocycles. The number of nitrogens with one attached hydrogen (secondary N) is 1. The Morgan fingerprint density at radius 1 is 1.21 bits per heavy atom. The molecule has 0 heterocycles. The molecule has 1 amide bonds. The molecule has 0 aliphatic heterocycles. The molecule has 2 rings (SSSR count). The molecule has 0 atom stereocenters. The molecule has 2 N–H and O–H groups in total. The summed E-state index contributed by atoms with van der Waals surface area (Å²) in [4.78, 5) is 11.8. The molecule has 98 valence electrons. The highest BCUT2D eigenvalue weighted by Gasteiger charge is 2.04. The molecule has 0 saturated carbocycles. The lowest BCUT2D eigenvalue weighted by Gasteiger charge is -2.06. The number of hydrogen-bond donors (Lipinski definition) is 2. The predicted molar refractivity (Wildman–Crippen MR) is 73.4 cm³/mol. The van der Waals surface area contributed by atoms with Crippen molar-refractivity contribution in [3.05, 3.63) is 54.1 Å². The monoisotopic (exact) mass is 257 g/mol. The van der Waals surface area contributed by atoms with Crippen molar-refractivity contribution in [1.82, 2.24) is 0 Å². The number of carbonyl (C=O) groups is 1. The van der Waals surface area contributed by atoms with E-state index >= 15 is 0 Å². The molecule has 0 radical (unpaired) electrons. The number of amides is 1. The summed E-state index contributed by atoms with van der Waals surface area (Å²) >= 11 is 0. The molecule has 2 aromatic carbocycles. The highest BCUT2D eigenvalue weighted by atomic mass is 16.5. The van der Waals surface area contributed by atoms with E-state index in [0.717, 1.165) is 11.3 Å². The van der Waals surface area contributed by atoms with E-state index in [1.165, 1.54) is 6.07 Å². The number of ether oxygens (including phenoxy) is 1. The van der Waals surface area contributed by atoms with Gasteiger partial charge in [-0.3, -0.25) is 4.79 Å². The number of phenols is 1. The molecule has 0 unspecified atom stereocenters. The Morgan fingerprint density at radius 2 is 1.95 bits per heavy atom. The lowest BCUT2D eigenvalue weighted by Crippen LogP contribution is -2.14. The van der Waals surface area contributed by atoms with Gasteiger partial charge in [-0.1, -0.05) is 18.2 Å². The van der Waals surface area contributed by atoms with Crippen LogP contribution in [0.15, 0.2) is 48.5 Å². The number of aromatic hydroxyl groups is 1. The van der Waals surface area contributed by atoms with E-state index in [1.54, 1.807) is 25.3 Å². The summed E-state index contributed by atoms with van der Waals surface area (Å²) in [6.45, 7) is 0. The molecular formula is C15H15NO3. The first-order chi connectivity index (χ1) is 9.17. The molecule has 0 spiro atoms. The Kier molecular flexibility index (Phi) is 4.03. The van der Waals surface area contributed by atoms with Gasteiger partial charge < -0.3 is 15.2 Å². The number of methoxy groups -OCH3 is 1. The standard InChI is InChI=1S/C15H15NO3/c1-19-14-7-5-11(6-8-14)9-15(18)16-12-3-2-4-13(17)10-12/h2-8,10,17H,9H2,1H3,(H,16,18). The van der Waals surface area contributed by atoms with Crippen LogP contribution in [0.3, 0.4) is 0 Å². The Bertz CT molecular complexity index is 564. The van der Waals surface area contributed by atoms with Gasteiger partial charge in [-0.25, -0.2) is 0 Å². The maximum atomic E-state index is 11.8. The number of phenolic OH excluding ortho intramolecular Hbond substituents is 1. The third-order valence-electron chi connectivity index (χ3n) is 2.65. The topological polar surface area (TPSA) is 58.6 Å². The van der Waals surface area contributed by atoms with Crippen LogP contribution in [0.1, 0.15) is 5.56 Å². The number of anilines is 1. The molecule has 0 bridgehead atoms. The number of carbonyl (C=O) groups excluding carboxylic acids is 1. The minimum absolute atomic E-state index is 0.127. The van der Waals surface area contributed by atoms with Crippen molar-refractivity contribution in [1.29, 1.82) is 0 Å². The van der Waals surface area contributed by atoms with Crippen LogP contribution in [-0.4, -0.2) is 18.1 Å². The van der Waals surface area contributed by atoms with Gasteiger partial charge in [-0.2, -0.15) is 0 Å². The first-order valence-corrected chi connectivity index (χ1v) is 5.89. The molecule has 0 aliphatic rings. The second kappa shape index (κ2) is 5.91. The molecule has 4 heteroatoms. The van der Waals surface area contributed by atoms with Crippen molar-refractivity contribution >= 4 is 11.6 Å². The van der Waals surface area contributed by atoms with Gasteiger partial charge in [0, 0.05) is 11.8 Å². The molecular weight excluding hydrogens is 242 g/mol. The van der Waals surface area contributed by atoms with Crippen LogP contribution >= 0.6 is 0 Å². The van der Waals surface area contributed by atoms with Gasteiger partial charge >= 0.3 is 0 Å². The Labute approximate surface area is 111 Å². The zero-order valence-corrected chi connectivity index (χ0v) is 10.6. The summed E-state index contributed by atoms with van der Waals surface area (Å²) in [5.74, 6) is 0.759. The SMILES string of the molecule is COc1ccc(CC(=O)Nc2cccc(O)c2)cc1. The minimum Gasteiger partial charge on any atom is -0.508 e. The predicted octanol–water partition coefficient (Wildman–Crippen LogP) is 2.58. The molecule has 0 saturated heterocycles. The normalized spacial score (nSPS) is 9.95. The fraction of sp³-hybridized carbons (Fsp3) is 0.133. The minimum atomic E-state index is -0.129. The highest BCUT2D eigenvalue weighted by molar-refractivity contribution is 5.92. The lowest BCUT2D eigenvalue weighted by molar-refractivity contribution is -0.115. The van der Waals surface area contributed by atoms with E-state index in [0.29, 0.717) is 5.69 Å². The van der Waals surface area contributed by atoms with Gasteiger partial charge in [-0.05, 0) is 29.8 Å². The van der Waals surface area contributed by atoms with Gasteiger partial charge in [0.15, 0.2) is 0 Å². The van der Waals surface area contributed by atoms with E-state index in [2.05, 4.69) is 5.32 Å². The summed E-state index contributed by atoms with van der Waals surface area (Å²) in [6.07, 6.45) is 0.277. The average molecular weight is 257 g/mol. The number of benzene rings is 2. The summed E-state index contributed by atoms with van der Waals surface area (Å²) in [6, 6.07) is 13.8. The van der Waals surface area contributed by atoms with Crippen molar-refractivity contribution in [3.63, 3.8) is 0 Å². The van der Waals surface area contributed by atoms with Crippen molar-refractivity contribution in [2.75, 3.05) is 12.4 Å². The second-order valence-electron chi connectivity index (χ2n) is 4.12. The van der Waals surface area contributed by atoms with Crippen LogP contribution in [0.4, 0.5) is 5.69 Å². The lowest BCUT2D eigenvalue weighted by atomic mass is 10.1. The third-order valence-corrected chi connectivity index (χ3v) is 2.65. The zero-order chi connectivity index (χ0) is 13.7. The number of rotatable bonds is 4. The van der Waals surface area contributed by atoms with Crippen LogP contribution in [0.5, 0.6) is 11.5 Å². The molecule has 0 fully saturated rings. The van der Waals surface area contributed by atoms with E-state index in [-0.39, 0.29) is 18.1 Å². The second-order valence-corrected chi connectivity index (χ2v) is 4.12. The highest BCUT2D eigenvalue weighted by Crippen LogP contribution is 2.16. The summed E-state index contributed by atoms with van der Waals surface area (Å²) in [5.41, 5.74) is 1.48. The summed E-state index contributed by atoms with van der Waals surface area (Å²) < 4.78 is 5.05. The molecule has 0 aromatic heterocycles. The first kappa shape index (κ1) is 13.0. The zero-order valence-electron chi connectivity index (χ0n) is 10.6. The van der Waals surface area contributed by atoms with Gasteiger partial charge in [0.05, 0.1) is 13.5 Å². The maximum absolute atomic E-state index is 11.8. The smallest absolute Gasteiger partial charge is 0.228 e. The summed E-state index contributed by atoms with van der Waals surface area (Å²) in [7, 11) is 1.60. The fourth-order valence-corrected chi connectivity index (χ4v) is 1.72. The van der Waals surface area contributed by atoms with Gasteiger partial charge in [0.2, 0.25) is 5.91 Å². The van der Waals surface area contributed by atoms with Crippen LogP contribution < -0.4 is 10.1 Å². The Morgan fingerprint density at radius 3 is 2.58 bits per heavy atom. The largest absolute Gasteiger partial charge is 0.508 e. The van der Waals surface area contributed by atoms with E-state index < -0.39 is 0 Å². The first-order valence-electron chi connectivity index (χ1n) is 5.89. The van der Waals surface area contributed by atoms with Crippen molar-refractivity contribution in [2.45, 2.75) is 6.42 Å². The van der Waals surface area contributed by atoms with Gasteiger partial charge in [0.1, 0.15) is 11.5 Å². The van der Waals surface area contributed by atoms with Crippen molar-refractivity contribution < 1.29 is 14.6 Å². The number of hydrogen-bond acceptors (Lipinski definition) is 3. The molecule has 19 heavy (non-hydrogen) atoms. The van der Waals surface area contributed by atoms with Gasteiger partial charge in [0.25, 0.3) is 0 Å². The average Bonchev–Trinajstić information content (AvgIpc) is 2.39. The van der Waals surface area contributed by atoms with E-state index in [1.807, 2.05) is 24.3 Å². The quantitative estimate of drug-likeness (QED) is 0.885. The molecule has 2 aromatic rings. The van der Waals surface area contributed by atoms with E-state index in [4.69, 9.17) is 4.74 Å². The van der Waals surface area contributed by atoms with Crippen LogP contribution in [0.2, 0.25) is 0 Å². The van der Waals surface area contributed by atoms with Crippen LogP contribution in [0.25, 0.3) is 0 Å².